The Bertz CT molecular complexity index is 1040. The average Bonchev–Trinajstić information content (AvgIpc) is 3.22. The highest BCUT2D eigenvalue weighted by molar-refractivity contribution is 7.14. The highest BCUT2D eigenvalue weighted by Gasteiger charge is 2.35. The summed E-state index contributed by atoms with van der Waals surface area (Å²) in [5, 5.41) is 8.63. The average molecular weight is 467 g/mol. The standard InChI is InChI=1S/C23H24F4N3OS/c1-22(2,28)21-30-29-20(32-21)16-11-12-19(17(14-16)23(25,26)27)31-13-7-3-4-8-15-9-5-6-10-18(15)24/h5-6,9-12,14H,1,3-4,7-8,13,28H2,2H3/t22-/m0/s1. The van der Waals surface area contributed by atoms with Gasteiger partial charge in [-0.2, -0.15) is 13.2 Å². The molecule has 0 spiro atoms. The van der Waals surface area contributed by atoms with E-state index in [4.69, 9.17) is 10.5 Å². The number of rotatable bonds is 9. The van der Waals surface area contributed by atoms with E-state index in [0.29, 0.717) is 34.8 Å². The van der Waals surface area contributed by atoms with Crippen LogP contribution in [0.2, 0.25) is 0 Å². The molecule has 171 valence electrons. The third-order valence-electron chi connectivity index (χ3n) is 4.75. The fraction of sp³-hybridized carbons (Fsp3) is 0.348. The highest BCUT2D eigenvalue weighted by atomic mass is 32.1. The number of hydrogen-bond donors (Lipinski definition) is 1. The summed E-state index contributed by atoms with van der Waals surface area (Å²) < 4.78 is 59.9. The minimum atomic E-state index is -4.58. The van der Waals surface area contributed by atoms with E-state index < -0.39 is 17.3 Å². The zero-order valence-electron chi connectivity index (χ0n) is 17.6. The van der Waals surface area contributed by atoms with Crippen LogP contribution in [0.5, 0.6) is 5.75 Å². The fourth-order valence-electron chi connectivity index (χ4n) is 3.06. The van der Waals surface area contributed by atoms with Gasteiger partial charge in [0.15, 0.2) is 0 Å². The molecule has 2 aromatic carbocycles. The lowest BCUT2D eigenvalue weighted by Gasteiger charge is -2.15. The Morgan fingerprint density at radius 1 is 1.06 bits per heavy atom. The molecule has 9 heteroatoms. The number of unbranched alkanes of at least 4 members (excludes halogenated alkanes) is 2. The molecule has 0 aliphatic heterocycles. The van der Waals surface area contributed by atoms with Crippen molar-refractivity contribution in [2.24, 2.45) is 5.73 Å². The van der Waals surface area contributed by atoms with E-state index in [1.165, 1.54) is 18.2 Å². The minimum Gasteiger partial charge on any atom is -0.493 e. The molecule has 0 unspecified atom stereocenters. The van der Waals surface area contributed by atoms with Crippen molar-refractivity contribution in [1.29, 1.82) is 0 Å². The Morgan fingerprint density at radius 3 is 2.47 bits per heavy atom. The van der Waals surface area contributed by atoms with E-state index in [9.17, 15) is 17.6 Å². The van der Waals surface area contributed by atoms with Crippen LogP contribution in [-0.4, -0.2) is 16.8 Å². The predicted molar refractivity (Wildman–Crippen MR) is 117 cm³/mol. The summed E-state index contributed by atoms with van der Waals surface area (Å²) in [5.74, 6) is -0.478. The molecule has 4 nitrogen and oxygen atoms in total. The molecule has 0 fully saturated rings. The summed E-state index contributed by atoms with van der Waals surface area (Å²) in [6.45, 7) is 5.54. The molecule has 3 aromatic rings. The molecule has 1 heterocycles. The minimum absolute atomic E-state index is 0.135. The van der Waals surface area contributed by atoms with Gasteiger partial charge in [0.25, 0.3) is 0 Å². The van der Waals surface area contributed by atoms with Crippen LogP contribution in [0.15, 0.2) is 42.5 Å². The summed E-state index contributed by atoms with van der Waals surface area (Å²) in [6.07, 6.45) is -2.01. The van der Waals surface area contributed by atoms with Crippen LogP contribution in [0.25, 0.3) is 10.6 Å². The monoisotopic (exact) mass is 466 g/mol. The first-order valence-electron chi connectivity index (χ1n) is 10.1. The first kappa shape index (κ1) is 24.1. The second-order valence-corrected chi connectivity index (χ2v) is 8.77. The molecule has 32 heavy (non-hydrogen) atoms. The Labute approximate surface area is 188 Å². The molecule has 0 bridgehead atoms. The van der Waals surface area contributed by atoms with E-state index in [1.807, 2.05) is 0 Å². The Morgan fingerprint density at radius 2 is 1.81 bits per heavy atom. The third kappa shape index (κ3) is 6.26. The van der Waals surface area contributed by atoms with Crippen molar-refractivity contribution in [2.45, 2.75) is 44.3 Å². The zero-order chi connectivity index (χ0) is 23.4. The van der Waals surface area contributed by atoms with Crippen LogP contribution in [-0.2, 0) is 18.1 Å². The normalized spacial score (nSPS) is 12.2. The first-order valence-corrected chi connectivity index (χ1v) is 10.9. The van der Waals surface area contributed by atoms with E-state index in [1.54, 1.807) is 25.1 Å². The van der Waals surface area contributed by atoms with Gasteiger partial charge in [-0.3, -0.25) is 0 Å². The summed E-state index contributed by atoms with van der Waals surface area (Å²) in [5.41, 5.74) is 4.95. The van der Waals surface area contributed by atoms with Gasteiger partial charge in [0.1, 0.15) is 21.6 Å². The van der Waals surface area contributed by atoms with Crippen LogP contribution < -0.4 is 10.5 Å². The summed E-state index contributed by atoms with van der Waals surface area (Å²) in [4.78, 5) is 0. The zero-order valence-corrected chi connectivity index (χ0v) is 18.4. The number of ether oxygens (including phenoxy) is 1. The maximum Gasteiger partial charge on any atom is 0.419 e. The van der Waals surface area contributed by atoms with Gasteiger partial charge in [-0.25, -0.2) is 4.39 Å². The quantitative estimate of drug-likeness (QED) is 0.303. The Hall–Kier alpha value is -2.52. The van der Waals surface area contributed by atoms with Gasteiger partial charge < -0.3 is 10.5 Å². The van der Waals surface area contributed by atoms with Gasteiger partial charge in [0, 0.05) is 5.56 Å². The Balaban J connectivity index is 1.61. The summed E-state index contributed by atoms with van der Waals surface area (Å²) in [6, 6.07) is 10.4. The number of hydrogen-bond acceptors (Lipinski definition) is 5. The van der Waals surface area contributed by atoms with Crippen LogP contribution in [0.4, 0.5) is 17.6 Å². The predicted octanol–water partition coefficient (Wildman–Crippen LogP) is 6.16. The third-order valence-corrected chi connectivity index (χ3v) is 6.00. The largest absolute Gasteiger partial charge is 0.493 e. The summed E-state index contributed by atoms with van der Waals surface area (Å²) in [7, 11) is 0. The number of aryl methyl sites for hydroxylation is 1. The lowest BCUT2D eigenvalue weighted by Crippen LogP contribution is -2.28. The number of halogens is 4. The van der Waals surface area contributed by atoms with Crippen molar-refractivity contribution in [1.82, 2.24) is 10.2 Å². The molecular weight excluding hydrogens is 442 g/mol. The van der Waals surface area contributed by atoms with Crippen LogP contribution in [0.1, 0.15) is 42.3 Å². The van der Waals surface area contributed by atoms with Crippen molar-refractivity contribution in [3.05, 3.63) is 71.3 Å². The second-order valence-electron chi connectivity index (χ2n) is 7.79. The molecule has 0 aliphatic carbocycles. The second kappa shape index (κ2) is 9.95. The number of nitrogens with zero attached hydrogens (tertiary/aromatic N) is 2. The molecule has 1 radical (unpaired) electrons. The first-order chi connectivity index (χ1) is 15.1. The van der Waals surface area contributed by atoms with E-state index in [0.717, 1.165) is 23.8 Å². The lowest BCUT2D eigenvalue weighted by molar-refractivity contribution is -0.138. The van der Waals surface area contributed by atoms with Gasteiger partial charge >= 0.3 is 6.18 Å². The van der Waals surface area contributed by atoms with Crippen molar-refractivity contribution >= 4 is 11.3 Å². The molecule has 0 saturated carbocycles. The SMILES string of the molecule is [CH2][C@@](C)(N)c1nnc(-c2ccc(OCCCCCc3ccccc3F)c(C(F)(F)F)c2)s1. The van der Waals surface area contributed by atoms with Crippen LogP contribution in [0, 0.1) is 12.7 Å². The topological polar surface area (TPSA) is 61.0 Å². The van der Waals surface area contributed by atoms with Crippen molar-refractivity contribution in [3.63, 3.8) is 0 Å². The van der Waals surface area contributed by atoms with Gasteiger partial charge in [-0.05, 0) is 69.4 Å². The molecule has 0 aliphatic rings. The van der Waals surface area contributed by atoms with Gasteiger partial charge in [-0.15, -0.1) is 10.2 Å². The Kier molecular flexibility index (Phi) is 7.51. The molecular formula is C23H24F4N3OS. The lowest BCUT2D eigenvalue weighted by atomic mass is 10.1. The van der Waals surface area contributed by atoms with Gasteiger partial charge in [0.05, 0.1) is 17.7 Å². The highest BCUT2D eigenvalue weighted by Crippen LogP contribution is 2.39. The smallest absolute Gasteiger partial charge is 0.419 e. The van der Waals surface area contributed by atoms with Crippen LogP contribution in [0.3, 0.4) is 0 Å². The van der Waals surface area contributed by atoms with Gasteiger partial charge in [0.2, 0.25) is 0 Å². The molecule has 2 N–H and O–H groups in total. The van der Waals surface area contributed by atoms with Crippen molar-refractivity contribution < 1.29 is 22.3 Å². The molecule has 3 rings (SSSR count). The molecule has 0 saturated heterocycles. The maximum absolute atomic E-state index is 13.6. The van der Waals surface area contributed by atoms with E-state index in [2.05, 4.69) is 17.1 Å². The van der Waals surface area contributed by atoms with Gasteiger partial charge in [-0.1, -0.05) is 29.5 Å². The van der Waals surface area contributed by atoms with Crippen LogP contribution >= 0.6 is 11.3 Å². The number of nitrogens with two attached hydrogens (primary N) is 1. The maximum atomic E-state index is 13.6. The van der Waals surface area contributed by atoms with E-state index >= 15 is 0 Å². The molecule has 1 aromatic heterocycles. The molecule has 0 amide bonds. The fourth-order valence-corrected chi connectivity index (χ4v) is 3.88. The number of aromatic nitrogens is 2. The summed E-state index contributed by atoms with van der Waals surface area (Å²) >= 11 is 1.10. The molecule has 1 atom stereocenters. The number of alkyl halides is 3. The van der Waals surface area contributed by atoms with E-state index in [-0.39, 0.29) is 23.7 Å². The van der Waals surface area contributed by atoms with Crippen molar-refractivity contribution in [3.8, 4) is 16.3 Å². The van der Waals surface area contributed by atoms with Crippen molar-refractivity contribution in [2.75, 3.05) is 6.61 Å². The number of benzene rings is 2.